The minimum Gasteiger partial charge on any atom is -0.396 e. The molecule has 0 saturated heterocycles. The maximum atomic E-state index is 14.4. The van der Waals surface area contributed by atoms with E-state index >= 15 is 0 Å². The van der Waals surface area contributed by atoms with E-state index in [0.29, 0.717) is 35.9 Å². The molecule has 0 radical (unpaired) electrons. The maximum absolute atomic E-state index is 14.4. The zero-order chi connectivity index (χ0) is 35.1. The third-order valence-electron chi connectivity index (χ3n) is 14.8. The Morgan fingerprint density at radius 3 is 2.64 bits per heavy atom. The molecular weight excluding hydrogens is 659 g/mol. The van der Waals surface area contributed by atoms with Crippen LogP contribution in [0.5, 0.6) is 0 Å². The number of benzene rings is 1. The highest BCUT2D eigenvalue weighted by atomic mass is 33.1. The van der Waals surface area contributed by atoms with E-state index in [1.807, 2.05) is 0 Å². The number of guanidine groups is 1. The molecule has 6 aliphatic rings. The Hall–Kier alpha value is -1.48. The highest BCUT2D eigenvalue weighted by Gasteiger charge is 2.70. The number of aliphatic hydroxyl groups is 2. The molecule has 7 rings (SSSR count). The van der Waals surface area contributed by atoms with Gasteiger partial charge in [-0.05, 0) is 123 Å². The number of aliphatic imine (C=N–C) groups is 1. The van der Waals surface area contributed by atoms with Crippen LogP contribution in [0.3, 0.4) is 0 Å². The third-order valence-corrected chi connectivity index (χ3v) is 18.2. The molecule has 3 saturated carbocycles. The molecule has 7 atom stereocenters. The quantitative estimate of drug-likeness (QED) is 0.201. The minimum absolute atomic E-state index is 0.0330. The van der Waals surface area contributed by atoms with Gasteiger partial charge >= 0.3 is 0 Å². The molecule has 1 aromatic rings. The Bertz CT molecular complexity index is 1470. The van der Waals surface area contributed by atoms with Crippen molar-refractivity contribution in [2.75, 3.05) is 25.5 Å². The summed E-state index contributed by atoms with van der Waals surface area (Å²) in [5, 5.41) is 24.6. The molecule has 3 spiro atoms. The largest absolute Gasteiger partial charge is 0.396 e. The molecule has 0 aromatic heterocycles. The van der Waals surface area contributed by atoms with Gasteiger partial charge in [-0.1, -0.05) is 91.5 Å². The van der Waals surface area contributed by atoms with Gasteiger partial charge in [-0.2, -0.15) is 0 Å². The average Bonchev–Trinajstić information content (AvgIpc) is 3.43. The van der Waals surface area contributed by atoms with E-state index in [1.165, 1.54) is 48.8 Å². The first kappa shape index (κ1) is 36.9. The molecule has 7 unspecified atom stereocenters. The van der Waals surface area contributed by atoms with Gasteiger partial charge in [-0.25, -0.2) is 0 Å². The number of carbonyl (C=O) groups excluding carboxylic acids is 1. The van der Waals surface area contributed by atoms with Crippen LogP contribution in [-0.4, -0.2) is 57.8 Å². The van der Waals surface area contributed by atoms with E-state index < -0.39 is 0 Å². The van der Waals surface area contributed by atoms with Crippen LogP contribution in [0.25, 0.3) is 0 Å². The van der Waals surface area contributed by atoms with E-state index in [1.54, 1.807) is 0 Å². The fourth-order valence-corrected chi connectivity index (χ4v) is 16.5. The lowest BCUT2D eigenvalue weighted by molar-refractivity contribution is -0.125. The van der Waals surface area contributed by atoms with Crippen molar-refractivity contribution in [3.05, 3.63) is 46.5 Å². The van der Waals surface area contributed by atoms with Gasteiger partial charge in [0, 0.05) is 48.0 Å². The van der Waals surface area contributed by atoms with Crippen molar-refractivity contribution in [3.63, 3.8) is 0 Å². The lowest BCUT2D eigenvalue weighted by Gasteiger charge is -2.58. The van der Waals surface area contributed by atoms with Crippen LogP contribution in [0, 0.1) is 40.4 Å². The summed E-state index contributed by atoms with van der Waals surface area (Å²) in [4.78, 5) is 19.3. The maximum Gasteiger partial charge on any atom is 0.189 e. The zero-order valence-electron chi connectivity index (χ0n) is 31.0. The average molecular weight is 722 g/mol. The SMILES string of the molecule is CC(C)Cc1cccc(CC2CN=C(N)NC23CCCC2=C4CC5CC(CO)C(CCCO)C4(CC2=O)C5(C)CCSSC32CCCCC2)c1. The third kappa shape index (κ3) is 6.12. The summed E-state index contributed by atoms with van der Waals surface area (Å²) in [5.41, 5.74) is 11.8. The lowest BCUT2D eigenvalue weighted by atomic mass is 9.47. The molecule has 0 amide bonds. The summed E-state index contributed by atoms with van der Waals surface area (Å²) in [6, 6.07) is 9.29. The summed E-state index contributed by atoms with van der Waals surface area (Å²) in [6.45, 7) is 8.21. The van der Waals surface area contributed by atoms with E-state index in [2.05, 4.69) is 71.9 Å². The van der Waals surface area contributed by atoms with Crippen LogP contribution in [0.2, 0.25) is 0 Å². The summed E-state index contributed by atoms with van der Waals surface area (Å²) >= 11 is 0. The number of nitrogens with one attached hydrogen (secondary N) is 1. The molecule has 4 aliphatic carbocycles. The monoisotopic (exact) mass is 721 g/mol. The molecule has 276 valence electrons. The van der Waals surface area contributed by atoms with Crippen LogP contribution in [0.4, 0.5) is 0 Å². The molecule has 5 bridgehead atoms. The van der Waals surface area contributed by atoms with E-state index in [9.17, 15) is 15.0 Å². The van der Waals surface area contributed by atoms with E-state index in [4.69, 9.17) is 10.7 Å². The molecule has 2 heterocycles. The fraction of sp³-hybridized carbons (Fsp3) is 0.762. The number of hydrogen-bond acceptors (Lipinski definition) is 8. The van der Waals surface area contributed by atoms with Gasteiger partial charge in [0.1, 0.15) is 0 Å². The van der Waals surface area contributed by atoms with Crippen molar-refractivity contribution in [1.29, 1.82) is 0 Å². The van der Waals surface area contributed by atoms with E-state index in [-0.39, 0.29) is 46.2 Å². The van der Waals surface area contributed by atoms with E-state index in [0.717, 1.165) is 82.1 Å². The summed E-state index contributed by atoms with van der Waals surface area (Å²) in [7, 11) is 4.28. The number of fused-ring (bicyclic) bond motifs is 1. The van der Waals surface area contributed by atoms with Gasteiger partial charge < -0.3 is 21.3 Å². The highest BCUT2D eigenvalue weighted by molar-refractivity contribution is 8.77. The van der Waals surface area contributed by atoms with Crippen LogP contribution in [0.15, 0.2) is 40.4 Å². The fourth-order valence-electron chi connectivity index (χ4n) is 12.6. The normalized spacial score (nSPS) is 37.0. The van der Waals surface area contributed by atoms with Crippen molar-refractivity contribution >= 4 is 33.3 Å². The first-order chi connectivity index (χ1) is 24.1. The lowest BCUT2D eigenvalue weighted by Crippen LogP contribution is -2.71. The Balaban J connectivity index is 1.28. The van der Waals surface area contributed by atoms with Crippen molar-refractivity contribution < 1.29 is 15.0 Å². The summed E-state index contributed by atoms with van der Waals surface area (Å²) in [5.74, 6) is 3.94. The highest BCUT2D eigenvalue weighted by Crippen LogP contribution is 2.75. The minimum atomic E-state index is -0.214. The van der Waals surface area contributed by atoms with Crippen molar-refractivity contribution in [2.24, 2.45) is 51.1 Å². The summed E-state index contributed by atoms with van der Waals surface area (Å²) < 4.78 is 0.0330. The van der Waals surface area contributed by atoms with Gasteiger partial charge in [0.2, 0.25) is 0 Å². The Morgan fingerprint density at radius 1 is 1.08 bits per heavy atom. The predicted molar refractivity (Wildman–Crippen MR) is 209 cm³/mol. The Labute approximate surface area is 309 Å². The van der Waals surface area contributed by atoms with Gasteiger partial charge in [-0.15, -0.1) is 0 Å². The zero-order valence-corrected chi connectivity index (χ0v) is 32.6. The number of rotatable bonds is 8. The molecule has 50 heavy (non-hydrogen) atoms. The molecule has 8 heteroatoms. The van der Waals surface area contributed by atoms with Gasteiger partial charge in [0.05, 0.1) is 5.54 Å². The number of nitrogens with two attached hydrogens (primary N) is 1. The number of aliphatic hydroxyl groups excluding tert-OH is 2. The second-order valence-corrected chi connectivity index (χ2v) is 20.5. The molecule has 5 N–H and O–H groups in total. The number of Topliss-reactive ketones (excluding diaryl/α,β-unsaturated/α-hetero) is 1. The van der Waals surface area contributed by atoms with Gasteiger partial charge in [-0.3, -0.25) is 9.79 Å². The second kappa shape index (κ2) is 14.7. The van der Waals surface area contributed by atoms with Crippen molar-refractivity contribution in [3.8, 4) is 0 Å². The van der Waals surface area contributed by atoms with Gasteiger partial charge in [0.25, 0.3) is 0 Å². The molecule has 6 nitrogen and oxygen atoms in total. The summed E-state index contributed by atoms with van der Waals surface area (Å²) in [6.07, 6.45) is 16.4. The number of nitrogens with zero attached hydrogens (tertiary/aromatic N) is 1. The molecule has 1 aromatic carbocycles. The molecule has 2 aliphatic heterocycles. The van der Waals surface area contributed by atoms with Crippen LogP contribution in [-0.2, 0) is 17.6 Å². The van der Waals surface area contributed by atoms with Crippen LogP contribution in [0.1, 0.15) is 122 Å². The van der Waals surface area contributed by atoms with Crippen molar-refractivity contribution in [1.82, 2.24) is 5.32 Å². The predicted octanol–water partition coefficient (Wildman–Crippen LogP) is 8.04. The van der Waals surface area contributed by atoms with Crippen LogP contribution < -0.4 is 11.1 Å². The standard InChI is InChI=1S/C42H63N3O3S2/c1-28(2)20-29-10-7-11-30(21-29)22-33-26-44-38(43)45-42(33)16-8-12-34-36-24-32-23-31(27-47)35(13-9-18-46)41(36,25-37(34)48)39(32,3)17-19-49-50-40(42)14-5-4-6-15-40/h7,10-11,21,28,31-33,35,46-47H,4-6,8-9,12-20,22-27H2,1-3H3,(H3,43,44,45). The van der Waals surface area contributed by atoms with Crippen molar-refractivity contribution in [2.45, 2.75) is 134 Å². The van der Waals surface area contributed by atoms with Gasteiger partial charge in [0.15, 0.2) is 11.7 Å². The number of allylic oxidation sites excluding steroid dienone is 2. The smallest absolute Gasteiger partial charge is 0.189 e. The first-order valence-corrected chi connectivity index (χ1v) is 22.4. The second-order valence-electron chi connectivity index (χ2n) is 17.7. The van der Waals surface area contributed by atoms with Crippen LogP contribution >= 0.6 is 21.6 Å². The topological polar surface area (TPSA) is 108 Å². The first-order valence-electron chi connectivity index (χ1n) is 20.1. The number of hydrogen-bond donors (Lipinski definition) is 4. The Morgan fingerprint density at radius 2 is 1.88 bits per heavy atom. The number of carbonyl (C=O) groups is 1. The molecule has 3 fully saturated rings. The Kier molecular flexibility index (Phi) is 10.9. The molecular formula is C42H63N3O3S2. The number of ketones is 1.